The van der Waals surface area contributed by atoms with Gasteiger partial charge in [0.1, 0.15) is 9.88 Å². The highest BCUT2D eigenvalue weighted by Crippen LogP contribution is 2.34. The highest BCUT2D eigenvalue weighted by molar-refractivity contribution is 7.89. The largest absolute Gasteiger partial charge is 0.465 e. The maximum Gasteiger partial charge on any atom is 0.348 e. The fourth-order valence-corrected chi connectivity index (χ4v) is 6.41. The van der Waals surface area contributed by atoms with Crippen LogP contribution < -0.4 is 5.32 Å². The monoisotopic (exact) mass is 494 g/mol. The Hall–Kier alpha value is -2.76. The van der Waals surface area contributed by atoms with E-state index in [2.05, 4.69) is 5.32 Å². The van der Waals surface area contributed by atoms with Crippen molar-refractivity contribution in [3.8, 4) is 0 Å². The van der Waals surface area contributed by atoms with Gasteiger partial charge in [-0.1, -0.05) is 6.92 Å². The number of nitrogens with one attached hydrogen (secondary N) is 1. The topological polar surface area (TPSA) is 119 Å². The van der Waals surface area contributed by atoms with Crippen LogP contribution in [0, 0.1) is 12.8 Å². The molecule has 2 heterocycles. The molecule has 1 aromatic heterocycles. The van der Waals surface area contributed by atoms with Gasteiger partial charge >= 0.3 is 11.9 Å². The Bertz CT molecular complexity index is 1170. The third kappa shape index (κ3) is 5.10. The van der Waals surface area contributed by atoms with Crippen LogP contribution in [0.15, 0.2) is 29.2 Å². The van der Waals surface area contributed by atoms with E-state index < -0.39 is 27.9 Å². The fourth-order valence-electron chi connectivity index (χ4n) is 3.70. The first kappa shape index (κ1) is 24.9. The number of amides is 1. The minimum absolute atomic E-state index is 0.0645. The summed E-state index contributed by atoms with van der Waals surface area (Å²) in [5.41, 5.74) is 0.600. The van der Waals surface area contributed by atoms with Crippen LogP contribution in [-0.4, -0.2) is 57.9 Å². The molecule has 33 heavy (non-hydrogen) atoms. The molecule has 1 unspecified atom stereocenters. The highest BCUT2D eigenvalue weighted by atomic mass is 32.2. The van der Waals surface area contributed by atoms with Gasteiger partial charge in [0.25, 0.3) is 5.91 Å². The third-order valence-corrected chi connectivity index (χ3v) is 8.57. The average Bonchev–Trinajstić information content (AvgIpc) is 3.13. The molecule has 1 fully saturated rings. The van der Waals surface area contributed by atoms with Crippen molar-refractivity contribution in [2.24, 2.45) is 5.92 Å². The predicted molar refractivity (Wildman–Crippen MR) is 123 cm³/mol. The summed E-state index contributed by atoms with van der Waals surface area (Å²) in [5, 5.41) is 2.76. The molecule has 1 aliphatic rings. The Balaban J connectivity index is 1.84. The molecule has 0 bridgehead atoms. The van der Waals surface area contributed by atoms with E-state index in [1.807, 2.05) is 6.92 Å². The van der Waals surface area contributed by atoms with Crippen molar-refractivity contribution in [1.29, 1.82) is 0 Å². The molecule has 178 valence electrons. The molecular weight excluding hydrogens is 468 g/mol. The van der Waals surface area contributed by atoms with Gasteiger partial charge in [-0.25, -0.2) is 18.0 Å². The van der Waals surface area contributed by atoms with E-state index in [0.29, 0.717) is 24.6 Å². The predicted octanol–water partition coefficient (Wildman–Crippen LogP) is 3.30. The Morgan fingerprint density at radius 3 is 2.30 bits per heavy atom. The molecule has 2 aromatic rings. The van der Waals surface area contributed by atoms with E-state index in [4.69, 9.17) is 9.47 Å². The summed E-state index contributed by atoms with van der Waals surface area (Å²) in [6.45, 7) is 4.54. The molecule has 1 aromatic carbocycles. The van der Waals surface area contributed by atoms with E-state index >= 15 is 0 Å². The quantitative estimate of drug-likeness (QED) is 0.612. The van der Waals surface area contributed by atoms with Crippen LogP contribution in [0.25, 0.3) is 0 Å². The number of methoxy groups -OCH3 is 2. The van der Waals surface area contributed by atoms with Gasteiger partial charge in [0, 0.05) is 18.7 Å². The number of hydrogen-bond donors (Lipinski definition) is 1. The summed E-state index contributed by atoms with van der Waals surface area (Å²) in [6.07, 6.45) is 1.82. The van der Waals surface area contributed by atoms with Crippen molar-refractivity contribution in [3.63, 3.8) is 0 Å². The van der Waals surface area contributed by atoms with E-state index in [1.165, 1.54) is 42.8 Å². The molecule has 1 atom stereocenters. The van der Waals surface area contributed by atoms with Crippen LogP contribution in [0.1, 0.15) is 55.7 Å². The second kappa shape index (κ2) is 10.0. The summed E-state index contributed by atoms with van der Waals surface area (Å²) >= 11 is 0.902. The zero-order chi connectivity index (χ0) is 24.3. The zero-order valence-corrected chi connectivity index (χ0v) is 20.5. The number of anilines is 1. The average molecular weight is 495 g/mol. The molecule has 1 N–H and O–H groups in total. The minimum Gasteiger partial charge on any atom is -0.465 e. The standard InChI is InChI=1S/C22H26N2O7S2/c1-13-6-5-11-24(12-13)33(28,29)16-9-7-15(8-10-16)19(25)23-20-17(21(26)30-3)14(2)18(32-20)22(27)31-4/h7-10,13H,5-6,11-12H2,1-4H3,(H,23,25). The van der Waals surface area contributed by atoms with Crippen LogP contribution >= 0.6 is 11.3 Å². The summed E-state index contributed by atoms with van der Waals surface area (Å²) in [5.74, 6) is -1.60. The lowest BCUT2D eigenvalue weighted by Gasteiger charge is -2.30. The SMILES string of the molecule is COC(=O)c1sc(NC(=O)c2ccc(S(=O)(=O)N3CCCC(C)C3)cc2)c(C(=O)OC)c1C. The van der Waals surface area contributed by atoms with Gasteiger partial charge in [0.05, 0.1) is 24.7 Å². The summed E-state index contributed by atoms with van der Waals surface area (Å²) in [7, 11) is -1.22. The van der Waals surface area contributed by atoms with Crippen LogP contribution in [0.3, 0.4) is 0 Å². The molecule has 0 radical (unpaired) electrons. The van der Waals surface area contributed by atoms with Crippen molar-refractivity contribution >= 4 is 44.2 Å². The van der Waals surface area contributed by atoms with Crippen LogP contribution in [0.5, 0.6) is 0 Å². The van der Waals surface area contributed by atoms with Crippen molar-refractivity contribution in [2.45, 2.75) is 31.6 Å². The van der Waals surface area contributed by atoms with E-state index in [-0.39, 0.29) is 25.9 Å². The molecule has 11 heteroatoms. The first-order valence-corrected chi connectivity index (χ1v) is 12.6. The second-order valence-corrected chi connectivity index (χ2v) is 10.8. The number of ether oxygens (including phenoxy) is 2. The number of benzene rings is 1. The second-order valence-electron chi connectivity index (χ2n) is 7.83. The first-order valence-electron chi connectivity index (χ1n) is 10.3. The first-order chi connectivity index (χ1) is 15.6. The summed E-state index contributed by atoms with van der Waals surface area (Å²) < 4.78 is 36.8. The molecule has 9 nitrogen and oxygen atoms in total. The van der Waals surface area contributed by atoms with Crippen molar-refractivity contribution in [1.82, 2.24) is 4.31 Å². The maximum absolute atomic E-state index is 12.9. The smallest absolute Gasteiger partial charge is 0.348 e. The fraction of sp³-hybridized carbons (Fsp3) is 0.409. The number of thiophene rings is 1. The number of carbonyl (C=O) groups is 3. The Morgan fingerprint density at radius 2 is 1.73 bits per heavy atom. The summed E-state index contributed by atoms with van der Waals surface area (Å²) in [6, 6.07) is 5.61. The lowest BCUT2D eigenvalue weighted by atomic mass is 10.0. The number of rotatable bonds is 6. The van der Waals surface area contributed by atoms with E-state index in [1.54, 1.807) is 6.92 Å². The molecule has 1 amide bonds. The lowest BCUT2D eigenvalue weighted by Crippen LogP contribution is -2.39. The highest BCUT2D eigenvalue weighted by Gasteiger charge is 2.29. The van der Waals surface area contributed by atoms with Gasteiger partial charge in [-0.3, -0.25) is 4.79 Å². The number of hydrogen-bond acceptors (Lipinski definition) is 8. The molecule has 3 rings (SSSR count). The zero-order valence-electron chi connectivity index (χ0n) is 18.8. The van der Waals surface area contributed by atoms with Gasteiger partial charge in [-0.05, 0) is 55.5 Å². The van der Waals surface area contributed by atoms with Crippen molar-refractivity contribution in [2.75, 3.05) is 32.6 Å². The van der Waals surface area contributed by atoms with Crippen LogP contribution in [0.4, 0.5) is 5.00 Å². The lowest BCUT2D eigenvalue weighted by molar-refractivity contribution is 0.0601. The number of nitrogens with zero attached hydrogens (tertiary/aromatic N) is 1. The number of sulfonamides is 1. The van der Waals surface area contributed by atoms with Gasteiger partial charge in [0.2, 0.25) is 10.0 Å². The normalized spacial score (nSPS) is 16.8. The number of carbonyl (C=O) groups excluding carboxylic acids is 3. The van der Waals surface area contributed by atoms with Crippen LogP contribution in [0.2, 0.25) is 0 Å². The maximum atomic E-state index is 12.9. The molecule has 0 aliphatic carbocycles. The van der Waals surface area contributed by atoms with Gasteiger partial charge in [-0.2, -0.15) is 4.31 Å². The van der Waals surface area contributed by atoms with Crippen molar-refractivity contribution in [3.05, 3.63) is 45.8 Å². The molecule has 1 aliphatic heterocycles. The van der Waals surface area contributed by atoms with E-state index in [0.717, 1.165) is 24.2 Å². The molecule has 1 saturated heterocycles. The minimum atomic E-state index is -3.64. The molecular formula is C22H26N2O7S2. The van der Waals surface area contributed by atoms with Gasteiger partial charge < -0.3 is 14.8 Å². The summed E-state index contributed by atoms with van der Waals surface area (Å²) in [4.78, 5) is 37.3. The Kier molecular flexibility index (Phi) is 7.55. The van der Waals surface area contributed by atoms with Gasteiger partial charge in [0.15, 0.2) is 0 Å². The van der Waals surface area contributed by atoms with Crippen LogP contribution in [-0.2, 0) is 19.5 Å². The van der Waals surface area contributed by atoms with Crippen molar-refractivity contribution < 1.29 is 32.3 Å². The third-order valence-electron chi connectivity index (χ3n) is 5.51. The van der Waals surface area contributed by atoms with Gasteiger partial charge in [-0.15, -0.1) is 11.3 Å². The number of esters is 2. The Labute approximate surface area is 196 Å². The Morgan fingerprint density at radius 1 is 1.09 bits per heavy atom. The molecule has 0 spiro atoms. The number of piperidine rings is 1. The molecule has 0 saturated carbocycles. The van der Waals surface area contributed by atoms with E-state index in [9.17, 15) is 22.8 Å².